The van der Waals surface area contributed by atoms with Gasteiger partial charge in [0.15, 0.2) is 0 Å². The predicted molar refractivity (Wildman–Crippen MR) is 98.5 cm³/mol. The zero-order chi connectivity index (χ0) is 17.6. The molecule has 132 valence electrons. The quantitative estimate of drug-likeness (QED) is 0.856. The van der Waals surface area contributed by atoms with Crippen LogP contribution in [-0.2, 0) is 4.74 Å². The van der Waals surface area contributed by atoms with E-state index in [9.17, 15) is 4.79 Å². The van der Waals surface area contributed by atoms with Crippen molar-refractivity contribution in [2.24, 2.45) is 0 Å². The number of methoxy groups -OCH3 is 1. The van der Waals surface area contributed by atoms with Gasteiger partial charge in [-0.2, -0.15) is 4.98 Å². The van der Waals surface area contributed by atoms with E-state index in [1.165, 1.54) is 32.8 Å². The van der Waals surface area contributed by atoms with Gasteiger partial charge >= 0.3 is 5.97 Å². The summed E-state index contributed by atoms with van der Waals surface area (Å²) in [5.74, 6) is 1.14. The normalized spacial score (nSPS) is 14.7. The van der Waals surface area contributed by atoms with Crippen LogP contribution in [0.4, 0.5) is 17.5 Å². The zero-order valence-electron chi connectivity index (χ0n) is 14.8. The van der Waals surface area contributed by atoms with Crippen molar-refractivity contribution in [3.05, 3.63) is 41.6 Å². The Bertz CT molecular complexity index is 740. The molecule has 1 aliphatic rings. The third kappa shape index (κ3) is 4.47. The fraction of sp³-hybridized carbons (Fsp3) is 0.421. The SMILES string of the molecule is COC(=O)c1cccc(Nc2nc(C)cc(N3CCCCCC3)n2)c1. The maximum atomic E-state index is 11.7. The molecule has 1 aromatic heterocycles. The number of aryl methyl sites for hydroxylation is 1. The number of benzene rings is 1. The maximum Gasteiger partial charge on any atom is 0.337 e. The summed E-state index contributed by atoms with van der Waals surface area (Å²) in [6.45, 7) is 4.04. The highest BCUT2D eigenvalue weighted by Crippen LogP contribution is 2.22. The molecule has 2 aromatic rings. The van der Waals surface area contributed by atoms with Crippen LogP contribution in [0, 0.1) is 6.92 Å². The zero-order valence-corrected chi connectivity index (χ0v) is 14.8. The highest BCUT2D eigenvalue weighted by Gasteiger charge is 2.13. The Hall–Kier alpha value is -2.63. The fourth-order valence-corrected chi connectivity index (χ4v) is 3.04. The number of esters is 1. The van der Waals surface area contributed by atoms with Gasteiger partial charge in [0.25, 0.3) is 0 Å². The van der Waals surface area contributed by atoms with E-state index in [0.29, 0.717) is 11.5 Å². The first-order valence-electron chi connectivity index (χ1n) is 8.72. The highest BCUT2D eigenvalue weighted by atomic mass is 16.5. The van der Waals surface area contributed by atoms with Gasteiger partial charge in [0.2, 0.25) is 5.95 Å². The topological polar surface area (TPSA) is 67.3 Å². The molecule has 6 heteroatoms. The van der Waals surface area contributed by atoms with Crippen molar-refractivity contribution in [3.8, 4) is 0 Å². The van der Waals surface area contributed by atoms with E-state index in [4.69, 9.17) is 4.74 Å². The molecular weight excluding hydrogens is 316 g/mol. The molecular formula is C19H24N4O2. The average Bonchev–Trinajstić information content (AvgIpc) is 2.90. The van der Waals surface area contributed by atoms with Gasteiger partial charge in [0.05, 0.1) is 12.7 Å². The first kappa shape index (κ1) is 17.2. The van der Waals surface area contributed by atoms with Gasteiger partial charge in [-0.1, -0.05) is 18.9 Å². The van der Waals surface area contributed by atoms with Crippen molar-refractivity contribution in [1.29, 1.82) is 0 Å². The summed E-state index contributed by atoms with van der Waals surface area (Å²) in [7, 11) is 1.37. The Kier molecular flexibility index (Phi) is 5.48. The highest BCUT2D eigenvalue weighted by molar-refractivity contribution is 5.90. The molecule has 0 amide bonds. The van der Waals surface area contributed by atoms with Gasteiger partial charge < -0.3 is 15.0 Å². The molecule has 0 saturated carbocycles. The Labute approximate surface area is 148 Å². The molecule has 1 saturated heterocycles. The second kappa shape index (κ2) is 7.96. The molecule has 2 heterocycles. The molecule has 3 rings (SSSR count). The number of carbonyl (C=O) groups excluding carboxylic acids is 1. The molecule has 0 radical (unpaired) electrons. The number of carbonyl (C=O) groups is 1. The summed E-state index contributed by atoms with van der Waals surface area (Å²) in [4.78, 5) is 23.2. The number of ether oxygens (including phenoxy) is 1. The van der Waals surface area contributed by atoms with E-state index < -0.39 is 0 Å². The van der Waals surface area contributed by atoms with Crippen LogP contribution in [0.2, 0.25) is 0 Å². The smallest absolute Gasteiger partial charge is 0.337 e. The van der Waals surface area contributed by atoms with Crippen molar-refractivity contribution < 1.29 is 9.53 Å². The maximum absolute atomic E-state index is 11.7. The Morgan fingerprint density at radius 3 is 2.60 bits per heavy atom. The summed E-state index contributed by atoms with van der Waals surface area (Å²) in [5, 5.41) is 3.20. The molecule has 1 aliphatic heterocycles. The van der Waals surface area contributed by atoms with Crippen LogP contribution in [0.15, 0.2) is 30.3 Å². The monoisotopic (exact) mass is 340 g/mol. The molecule has 6 nitrogen and oxygen atoms in total. The predicted octanol–water partition coefficient (Wildman–Crippen LogP) is 3.70. The Morgan fingerprint density at radius 2 is 1.88 bits per heavy atom. The summed E-state index contributed by atoms with van der Waals surface area (Å²) in [6.07, 6.45) is 4.97. The Balaban J connectivity index is 1.82. The fourth-order valence-electron chi connectivity index (χ4n) is 3.04. The lowest BCUT2D eigenvalue weighted by Gasteiger charge is -2.22. The van der Waals surface area contributed by atoms with E-state index in [-0.39, 0.29) is 5.97 Å². The van der Waals surface area contributed by atoms with Gasteiger partial charge in [-0.25, -0.2) is 9.78 Å². The number of rotatable bonds is 4. The number of nitrogens with zero attached hydrogens (tertiary/aromatic N) is 3. The second-order valence-electron chi connectivity index (χ2n) is 6.29. The minimum Gasteiger partial charge on any atom is -0.465 e. The molecule has 1 aromatic carbocycles. The first-order valence-corrected chi connectivity index (χ1v) is 8.72. The standard InChI is InChI=1S/C19H24N4O2/c1-14-12-17(23-10-5-3-4-6-11-23)22-19(20-14)21-16-9-7-8-15(13-16)18(24)25-2/h7-9,12-13H,3-6,10-11H2,1-2H3,(H,20,21,22). The summed E-state index contributed by atoms with van der Waals surface area (Å²) < 4.78 is 4.77. The largest absolute Gasteiger partial charge is 0.465 e. The minimum absolute atomic E-state index is 0.362. The van der Waals surface area contributed by atoms with Gasteiger partial charge in [-0.05, 0) is 38.0 Å². The third-order valence-corrected chi connectivity index (χ3v) is 4.31. The lowest BCUT2D eigenvalue weighted by atomic mass is 10.2. The number of hydrogen-bond acceptors (Lipinski definition) is 6. The molecule has 1 N–H and O–H groups in total. The van der Waals surface area contributed by atoms with Crippen molar-refractivity contribution in [2.45, 2.75) is 32.6 Å². The van der Waals surface area contributed by atoms with Crippen LogP contribution in [-0.4, -0.2) is 36.1 Å². The van der Waals surface area contributed by atoms with Crippen molar-refractivity contribution in [3.63, 3.8) is 0 Å². The molecule has 0 spiro atoms. The Morgan fingerprint density at radius 1 is 1.12 bits per heavy atom. The lowest BCUT2D eigenvalue weighted by Crippen LogP contribution is -2.25. The van der Waals surface area contributed by atoms with Crippen LogP contribution >= 0.6 is 0 Å². The summed E-state index contributed by atoms with van der Waals surface area (Å²) >= 11 is 0. The second-order valence-corrected chi connectivity index (χ2v) is 6.29. The average molecular weight is 340 g/mol. The van der Waals surface area contributed by atoms with Crippen LogP contribution < -0.4 is 10.2 Å². The van der Waals surface area contributed by atoms with Crippen LogP contribution in [0.1, 0.15) is 41.7 Å². The third-order valence-electron chi connectivity index (χ3n) is 4.31. The molecule has 0 bridgehead atoms. The number of hydrogen-bond donors (Lipinski definition) is 1. The van der Waals surface area contributed by atoms with Crippen molar-refractivity contribution in [1.82, 2.24) is 9.97 Å². The number of anilines is 3. The van der Waals surface area contributed by atoms with Gasteiger partial charge in [-0.3, -0.25) is 0 Å². The molecule has 0 aliphatic carbocycles. The number of nitrogens with one attached hydrogen (secondary N) is 1. The van der Waals surface area contributed by atoms with Crippen molar-refractivity contribution in [2.75, 3.05) is 30.4 Å². The summed E-state index contributed by atoms with van der Waals surface area (Å²) in [5.41, 5.74) is 2.17. The molecule has 0 atom stereocenters. The molecule has 0 unspecified atom stereocenters. The van der Waals surface area contributed by atoms with E-state index >= 15 is 0 Å². The number of aromatic nitrogens is 2. The summed E-state index contributed by atoms with van der Waals surface area (Å²) in [6, 6.07) is 9.17. The van der Waals surface area contributed by atoms with E-state index in [1.54, 1.807) is 18.2 Å². The van der Waals surface area contributed by atoms with Crippen LogP contribution in [0.5, 0.6) is 0 Å². The van der Waals surface area contributed by atoms with E-state index in [2.05, 4.69) is 20.2 Å². The van der Waals surface area contributed by atoms with Crippen LogP contribution in [0.3, 0.4) is 0 Å². The van der Waals surface area contributed by atoms with Crippen LogP contribution in [0.25, 0.3) is 0 Å². The van der Waals surface area contributed by atoms with Crippen molar-refractivity contribution >= 4 is 23.4 Å². The lowest BCUT2D eigenvalue weighted by molar-refractivity contribution is 0.0601. The van der Waals surface area contributed by atoms with Gasteiger partial charge in [0, 0.05) is 30.5 Å². The van der Waals surface area contributed by atoms with E-state index in [1.807, 2.05) is 19.1 Å². The first-order chi connectivity index (χ1) is 12.2. The van der Waals surface area contributed by atoms with E-state index in [0.717, 1.165) is 30.3 Å². The minimum atomic E-state index is -0.362. The van der Waals surface area contributed by atoms with Gasteiger partial charge in [0.1, 0.15) is 5.82 Å². The molecule has 1 fully saturated rings. The van der Waals surface area contributed by atoms with Gasteiger partial charge in [-0.15, -0.1) is 0 Å². The molecule has 25 heavy (non-hydrogen) atoms.